The fourth-order valence-corrected chi connectivity index (χ4v) is 2.16. The van der Waals surface area contributed by atoms with E-state index in [0.29, 0.717) is 5.69 Å². The lowest BCUT2D eigenvalue weighted by atomic mass is 10.1. The zero-order chi connectivity index (χ0) is 13.4. The third-order valence-corrected chi connectivity index (χ3v) is 3.11. The first kappa shape index (κ1) is 11.7. The molecule has 19 heavy (non-hydrogen) atoms. The Kier molecular flexibility index (Phi) is 2.70. The number of anilines is 2. The van der Waals surface area contributed by atoms with Gasteiger partial charge in [-0.2, -0.15) is 5.10 Å². The van der Waals surface area contributed by atoms with Crippen molar-refractivity contribution >= 4 is 17.3 Å². The molecule has 2 N–H and O–H groups in total. The number of nitrogens with one attached hydrogen (secondary N) is 2. The Balaban J connectivity index is 1.87. The molecule has 5 nitrogen and oxygen atoms in total. The molecule has 0 saturated heterocycles. The molecule has 0 bridgehead atoms. The number of amides is 1. The molecule has 0 saturated carbocycles. The van der Waals surface area contributed by atoms with Crippen LogP contribution in [0.5, 0.6) is 0 Å². The summed E-state index contributed by atoms with van der Waals surface area (Å²) in [6.45, 7) is 2.75. The number of hydrogen-bond acceptors (Lipinski definition) is 3. The van der Waals surface area contributed by atoms with Crippen LogP contribution in [0.4, 0.5) is 15.8 Å². The van der Waals surface area contributed by atoms with Crippen molar-refractivity contribution in [2.24, 2.45) is 0 Å². The maximum atomic E-state index is 13.1. The summed E-state index contributed by atoms with van der Waals surface area (Å²) in [5.74, 6) is -0.552. The average Bonchev–Trinajstić information content (AvgIpc) is 2.95. The van der Waals surface area contributed by atoms with Gasteiger partial charge in [0.05, 0.1) is 11.9 Å². The summed E-state index contributed by atoms with van der Waals surface area (Å²) in [6.07, 6.45) is 3.49. The highest BCUT2D eigenvalue weighted by atomic mass is 19.1. The van der Waals surface area contributed by atoms with Gasteiger partial charge in [-0.15, -0.1) is 0 Å². The van der Waals surface area contributed by atoms with Crippen LogP contribution in [0.15, 0.2) is 30.6 Å². The van der Waals surface area contributed by atoms with Crippen LogP contribution in [0.3, 0.4) is 0 Å². The largest absolute Gasteiger partial charge is 0.367 e. The maximum Gasteiger partial charge on any atom is 0.251 e. The van der Waals surface area contributed by atoms with Crippen molar-refractivity contribution in [3.8, 4) is 0 Å². The van der Waals surface area contributed by atoms with Crippen molar-refractivity contribution < 1.29 is 9.18 Å². The highest BCUT2D eigenvalue weighted by Crippen LogP contribution is 2.33. The standard InChI is InChI=1S/C13H13FN4O/c1-2-18-7-9(6-15-18)16-12-10-4-3-8(14)5-11(10)17-13(12)19/h3-7,12,16H,2H2,1H3,(H,17,19). The average molecular weight is 260 g/mol. The molecule has 1 aliphatic heterocycles. The van der Waals surface area contributed by atoms with Gasteiger partial charge in [0.2, 0.25) is 0 Å². The van der Waals surface area contributed by atoms with Gasteiger partial charge in [-0.1, -0.05) is 6.07 Å². The summed E-state index contributed by atoms with van der Waals surface area (Å²) in [5.41, 5.74) is 2.03. The van der Waals surface area contributed by atoms with E-state index in [2.05, 4.69) is 15.7 Å². The Bertz CT molecular complexity index is 637. The number of hydrogen-bond donors (Lipinski definition) is 2. The number of fused-ring (bicyclic) bond motifs is 1. The van der Waals surface area contributed by atoms with Crippen LogP contribution < -0.4 is 10.6 Å². The van der Waals surface area contributed by atoms with Gasteiger partial charge in [0.25, 0.3) is 5.91 Å². The van der Waals surface area contributed by atoms with Crippen molar-refractivity contribution in [2.45, 2.75) is 19.5 Å². The van der Waals surface area contributed by atoms with Crippen molar-refractivity contribution in [1.29, 1.82) is 0 Å². The summed E-state index contributed by atoms with van der Waals surface area (Å²) in [7, 11) is 0. The molecule has 1 unspecified atom stereocenters. The first-order valence-electron chi connectivity index (χ1n) is 6.06. The third kappa shape index (κ3) is 2.05. The van der Waals surface area contributed by atoms with E-state index in [9.17, 15) is 9.18 Å². The fourth-order valence-electron chi connectivity index (χ4n) is 2.16. The number of benzene rings is 1. The van der Waals surface area contributed by atoms with E-state index >= 15 is 0 Å². The summed E-state index contributed by atoms with van der Waals surface area (Å²) in [5, 5.41) is 9.90. The van der Waals surface area contributed by atoms with Crippen LogP contribution in [0, 0.1) is 5.82 Å². The summed E-state index contributed by atoms with van der Waals surface area (Å²) < 4.78 is 14.9. The van der Waals surface area contributed by atoms with Crippen LogP contribution in [-0.2, 0) is 11.3 Å². The van der Waals surface area contributed by atoms with Crippen LogP contribution in [0.2, 0.25) is 0 Å². The minimum atomic E-state index is -0.509. The Morgan fingerprint density at radius 2 is 2.37 bits per heavy atom. The van der Waals surface area contributed by atoms with Gasteiger partial charge in [-0.05, 0) is 19.1 Å². The van der Waals surface area contributed by atoms with Gasteiger partial charge in [0, 0.05) is 24.0 Å². The van der Waals surface area contributed by atoms with Crippen LogP contribution in [0.25, 0.3) is 0 Å². The van der Waals surface area contributed by atoms with Crippen molar-refractivity contribution in [2.75, 3.05) is 10.6 Å². The lowest BCUT2D eigenvalue weighted by molar-refractivity contribution is -0.116. The van der Waals surface area contributed by atoms with Gasteiger partial charge >= 0.3 is 0 Å². The normalized spacial score (nSPS) is 17.2. The molecule has 1 aliphatic rings. The van der Waals surface area contributed by atoms with E-state index in [-0.39, 0.29) is 11.7 Å². The molecule has 1 aromatic carbocycles. The summed E-state index contributed by atoms with van der Waals surface area (Å²) in [6, 6.07) is 3.78. The molecule has 0 radical (unpaired) electrons. The highest BCUT2D eigenvalue weighted by Gasteiger charge is 2.30. The molecule has 1 atom stereocenters. The number of halogens is 1. The Labute approximate surface area is 109 Å². The number of carbonyl (C=O) groups is 1. The minimum absolute atomic E-state index is 0.190. The van der Waals surface area contributed by atoms with Gasteiger partial charge < -0.3 is 10.6 Å². The predicted octanol–water partition coefficient (Wildman–Crippen LogP) is 2.15. The first-order valence-corrected chi connectivity index (χ1v) is 6.06. The smallest absolute Gasteiger partial charge is 0.251 e. The molecule has 3 rings (SSSR count). The van der Waals surface area contributed by atoms with Crippen molar-refractivity contribution in [1.82, 2.24) is 9.78 Å². The predicted molar refractivity (Wildman–Crippen MR) is 69.3 cm³/mol. The van der Waals surface area contributed by atoms with Crippen LogP contribution in [0.1, 0.15) is 18.5 Å². The minimum Gasteiger partial charge on any atom is -0.367 e. The molecule has 6 heteroatoms. The second-order valence-corrected chi connectivity index (χ2v) is 4.38. The number of rotatable bonds is 3. The van der Waals surface area contributed by atoms with Gasteiger partial charge in [0.1, 0.15) is 11.9 Å². The van der Waals surface area contributed by atoms with Crippen molar-refractivity contribution in [3.05, 3.63) is 42.0 Å². The maximum absolute atomic E-state index is 13.1. The number of nitrogens with zero attached hydrogens (tertiary/aromatic N) is 2. The number of aryl methyl sites for hydroxylation is 1. The quantitative estimate of drug-likeness (QED) is 0.889. The number of carbonyl (C=O) groups excluding carboxylic acids is 1. The summed E-state index contributed by atoms with van der Waals surface area (Å²) >= 11 is 0. The zero-order valence-corrected chi connectivity index (χ0v) is 10.4. The fraction of sp³-hybridized carbons (Fsp3) is 0.231. The second kappa shape index (κ2) is 4.38. The third-order valence-electron chi connectivity index (χ3n) is 3.11. The Hall–Kier alpha value is -2.37. The van der Waals surface area contributed by atoms with Crippen molar-refractivity contribution in [3.63, 3.8) is 0 Å². The van der Waals surface area contributed by atoms with Crippen LogP contribution in [-0.4, -0.2) is 15.7 Å². The number of aromatic nitrogens is 2. The monoisotopic (exact) mass is 260 g/mol. The molecule has 0 spiro atoms. The molecule has 0 fully saturated rings. The molecular weight excluding hydrogens is 247 g/mol. The van der Waals surface area contributed by atoms with E-state index in [1.165, 1.54) is 12.1 Å². The van der Waals surface area contributed by atoms with Crippen LogP contribution >= 0.6 is 0 Å². The zero-order valence-electron chi connectivity index (χ0n) is 10.4. The van der Waals surface area contributed by atoms with Gasteiger partial charge in [-0.3, -0.25) is 9.48 Å². The second-order valence-electron chi connectivity index (χ2n) is 4.38. The lowest BCUT2D eigenvalue weighted by Crippen LogP contribution is -2.19. The molecule has 2 aromatic rings. The molecule has 1 aromatic heterocycles. The molecule has 2 heterocycles. The molecule has 0 aliphatic carbocycles. The van der Waals surface area contributed by atoms with E-state index in [1.807, 2.05) is 13.1 Å². The van der Waals surface area contributed by atoms with Gasteiger partial charge in [0.15, 0.2) is 0 Å². The SMILES string of the molecule is CCn1cc(NC2C(=O)Nc3cc(F)ccc32)cn1. The molecule has 1 amide bonds. The molecule has 98 valence electrons. The Morgan fingerprint density at radius 3 is 3.11 bits per heavy atom. The summed E-state index contributed by atoms with van der Waals surface area (Å²) in [4.78, 5) is 11.9. The highest BCUT2D eigenvalue weighted by molar-refractivity contribution is 6.04. The van der Waals surface area contributed by atoms with E-state index < -0.39 is 6.04 Å². The van der Waals surface area contributed by atoms with E-state index in [0.717, 1.165) is 17.8 Å². The Morgan fingerprint density at radius 1 is 1.53 bits per heavy atom. The topological polar surface area (TPSA) is 59.0 Å². The van der Waals surface area contributed by atoms with E-state index in [1.54, 1.807) is 16.9 Å². The lowest BCUT2D eigenvalue weighted by Gasteiger charge is -2.10. The first-order chi connectivity index (χ1) is 9.17. The molecular formula is C13H13FN4O. The van der Waals surface area contributed by atoms with E-state index in [4.69, 9.17) is 0 Å². The van der Waals surface area contributed by atoms with Gasteiger partial charge in [-0.25, -0.2) is 4.39 Å².